The summed E-state index contributed by atoms with van der Waals surface area (Å²) >= 11 is 0. The van der Waals surface area contributed by atoms with Gasteiger partial charge in [-0.3, -0.25) is 4.79 Å². The first kappa shape index (κ1) is 19.3. The van der Waals surface area contributed by atoms with Crippen LogP contribution in [0.5, 0.6) is 0 Å². The van der Waals surface area contributed by atoms with Gasteiger partial charge in [-0.2, -0.15) is 8.42 Å². The van der Waals surface area contributed by atoms with Gasteiger partial charge in [0.25, 0.3) is 0 Å². The number of hydrogen-bond donors (Lipinski definition) is 0. The Labute approximate surface area is 166 Å². The minimum Gasteiger partial charge on any atom is -0.289 e. The van der Waals surface area contributed by atoms with Crippen LogP contribution >= 0.6 is 0 Å². The van der Waals surface area contributed by atoms with Gasteiger partial charge < -0.3 is 0 Å². The van der Waals surface area contributed by atoms with Crippen LogP contribution in [-0.2, 0) is 20.1 Å². The lowest BCUT2D eigenvalue weighted by Crippen LogP contribution is -2.30. The third-order valence-electron chi connectivity index (χ3n) is 6.14. The van der Waals surface area contributed by atoms with E-state index in [2.05, 4.69) is 13.8 Å². The van der Waals surface area contributed by atoms with Gasteiger partial charge in [0.15, 0.2) is 15.6 Å². The van der Waals surface area contributed by atoms with Crippen LogP contribution in [0.2, 0.25) is 0 Å². The molecule has 7 heteroatoms. The second-order valence-corrected chi connectivity index (χ2v) is 11.7. The zero-order valence-electron chi connectivity index (χ0n) is 15.9. The van der Waals surface area contributed by atoms with Gasteiger partial charge in [0.2, 0.25) is 10.3 Å². The number of sulfone groups is 1. The van der Waals surface area contributed by atoms with E-state index in [0.29, 0.717) is 24.0 Å². The van der Waals surface area contributed by atoms with Crippen molar-refractivity contribution in [3.63, 3.8) is 0 Å². The van der Waals surface area contributed by atoms with Crippen molar-refractivity contribution in [2.75, 3.05) is 0 Å². The van der Waals surface area contributed by atoms with Crippen LogP contribution in [-0.4, -0.2) is 32.7 Å². The number of rotatable bonds is 2. The van der Waals surface area contributed by atoms with Crippen molar-refractivity contribution >= 4 is 36.4 Å². The van der Waals surface area contributed by atoms with Crippen LogP contribution in [0.1, 0.15) is 61.9 Å². The molecule has 0 aromatic heterocycles. The largest absolute Gasteiger partial charge is 0.289 e. The van der Waals surface area contributed by atoms with E-state index in [4.69, 9.17) is 0 Å². The molecule has 0 aliphatic heterocycles. The molecule has 3 aliphatic rings. The lowest BCUT2D eigenvalue weighted by atomic mass is 9.77. The van der Waals surface area contributed by atoms with Crippen molar-refractivity contribution in [3.05, 3.63) is 47.1 Å². The summed E-state index contributed by atoms with van der Waals surface area (Å²) in [6.45, 7) is 4.31. The molecule has 1 aromatic carbocycles. The van der Waals surface area contributed by atoms with Crippen LogP contribution in [0, 0.1) is 5.41 Å². The number of Topliss-reactive ketones (excluding diaryl/α,β-unsaturated/α-hetero) is 1. The SMILES string of the molecule is CC1(C)CCC(S(=O)(=O)c2ccc3c(c2)C(=O)C2=C3C=CCC2=S(=O)=O)CC1. The fourth-order valence-corrected chi connectivity index (χ4v) is 6.76. The summed E-state index contributed by atoms with van der Waals surface area (Å²) in [5, 5.41) is -0.436. The van der Waals surface area contributed by atoms with E-state index in [9.17, 15) is 21.6 Å². The molecule has 0 bridgehead atoms. The molecular formula is C21H22O5S2. The maximum atomic E-state index is 13.1. The van der Waals surface area contributed by atoms with Gasteiger partial charge in [0.1, 0.15) is 0 Å². The van der Waals surface area contributed by atoms with Crippen molar-refractivity contribution in [2.45, 2.75) is 56.1 Å². The van der Waals surface area contributed by atoms with Crippen molar-refractivity contribution in [3.8, 4) is 0 Å². The molecule has 0 atom stereocenters. The number of allylic oxidation sites excluding steroid dienone is 4. The van der Waals surface area contributed by atoms with Crippen LogP contribution in [0.3, 0.4) is 0 Å². The normalized spacial score (nSPS) is 21.6. The molecule has 1 aromatic rings. The first-order valence-electron chi connectivity index (χ1n) is 9.41. The van der Waals surface area contributed by atoms with E-state index in [-0.39, 0.29) is 32.7 Å². The molecule has 0 unspecified atom stereocenters. The highest BCUT2D eigenvalue weighted by atomic mass is 32.2. The van der Waals surface area contributed by atoms with Crippen molar-refractivity contribution in [2.24, 2.45) is 5.41 Å². The van der Waals surface area contributed by atoms with Crippen molar-refractivity contribution < 1.29 is 21.6 Å². The maximum Gasteiger partial charge on any atom is 0.218 e. The number of fused-ring (bicyclic) bond motifs is 2. The molecule has 0 saturated heterocycles. The molecule has 4 rings (SSSR count). The van der Waals surface area contributed by atoms with Crippen LogP contribution in [0.4, 0.5) is 0 Å². The average Bonchev–Trinajstić information content (AvgIpc) is 2.93. The van der Waals surface area contributed by atoms with Gasteiger partial charge >= 0.3 is 0 Å². The molecule has 28 heavy (non-hydrogen) atoms. The molecule has 1 fully saturated rings. The van der Waals surface area contributed by atoms with E-state index < -0.39 is 31.2 Å². The second kappa shape index (κ2) is 6.52. The smallest absolute Gasteiger partial charge is 0.218 e. The maximum absolute atomic E-state index is 13.1. The van der Waals surface area contributed by atoms with Gasteiger partial charge in [0, 0.05) is 17.6 Å². The number of ketones is 1. The van der Waals surface area contributed by atoms with E-state index >= 15 is 0 Å². The number of hydrogen-bond acceptors (Lipinski definition) is 5. The van der Waals surface area contributed by atoms with Crippen molar-refractivity contribution in [1.29, 1.82) is 0 Å². The fraction of sp³-hybridized carbons (Fsp3) is 0.429. The summed E-state index contributed by atoms with van der Waals surface area (Å²) in [6.07, 6.45) is 6.57. The lowest BCUT2D eigenvalue weighted by Gasteiger charge is -2.34. The fourth-order valence-electron chi connectivity index (χ4n) is 4.38. The predicted octanol–water partition coefficient (Wildman–Crippen LogP) is 3.39. The standard InChI is InChI=1S/C21H22O5S2/c1-21(2)10-8-13(9-11-21)28(25,26)14-6-7-15-16-4-3-5-18(27(23)24)19(16)20(22)17(15)12-14/h3-4,6-7,12-13H,5,8-11H2,1-2H3. The van der Waals surface area contributed by atoms with Gasteiger partial charge in [-0.15, -0.1) is 0 Å². The highest BCUT2D eigenvalue weighted by Crippen LogP contribution is 2.41. The minimum atomic E-state index is -3.54. The molecule has 0 heterocycles. The van der Waals surface area contributed by atoms with Crippen LogP contribution in [0.25, 0.3) is 5.57 Å². The zero-order valence-corrected chi connectivity index (χ0v) is 17.5. The summed E-state index contributed by atoms with van der Waals surface area (Å²) in [7, 11) is -6.02. The highest BCUT2D eigenvalue weighted by molar-refractivity contribution is 7.92. The summed E-state index contributed by atoms with van der Waals surface area (Å²) < 4.78 is 49.3. The highest BCUT2D eigenvalue weighted by Gasteiger charge is 2.38. The monoisotopic (exact) mass is 418 g/mol. The molecule has 0 radical (unpaired) electrons. The summed E-state index contributed by atoms with van der Waals surface area (Å²) in [5.74, 6) is -0.407. The first-order chi connectivity index (χ1) is 13.1. The van der Waals surface area contributed by atoms with Gasteiger partial charge in [0.05, 0.1) is 15.0 Å². The Balaban J connectivity index is 1.73. The van der Waals surface area contributed by atoms with Crippen LogP contribution < -0.4 is 0 Å². The molecule has 0 amide bonds. The Morgan fingerprint density at radius 1 is 1.07 bits per heavy atom. The molecule has 0 spiro atoms. The summed E-state index contributed by atoms with van der Waals surface area (Å²) in [6, 6.07) is 4.62. The third-order valence-corrected chi connectivity index (χ3v) is 9.18. The lowest BCUT2D eigenvalue weighted by molar-refractivity contribution is 0.104. The quantitative estimate of drug-likeness (QED) is 0.687. The average molecular weight is 419 g/mol. The van der Waals surface area contributed by atoms with E-state index in [1.807, 2.05) is 0 Å². The second-order valence-electron chi connectivity index (χ2n) is 8.50. The van der Waals surface area contributed by atoms with Crippen molar-refractivity contribution in [1.82, 2.24) is 0 Å². The molecule has 5 nitrogen and oxygen atoms in total. The van der Waals surface area contributed by atoms with Crippen LogP contribution in [0.15, 0.2) is 40.8 Å². The number of carbonyl (C=O) groups excluding carboxylic acids is 1. The zero-order chi connectivity index (χ0) is 20.3. The number of benzene rings is 1. The van der Waals surface area contributed by atoms with Gasteiger partial charge in [-0.25, -0.2) is 8.42 Å². The van der Waals surface area contributed by atoms with E-state index in [1.165, 1.54) is 6.07 Å². The Hall–Kier alpha value is -1.99. The first-order valence-corrected chi connectivity index (χ1v) is 12.0. The summed E-state index contributed by atoms with van der Waals surface area (Å²) in [5.41, 5.74) is 1.78. The van der Waals surface area contributed by atoms with E-state index in [0.717, 1.165) is 12.8 Å². The Morgan fingerprint density at radius 2 is 1.75 bits per heavy atom. The Kier molecular flexibility index (Phi) is 4.50. The predicted molar refractivity (Wildman–Crippen MR) is 109 cm³/mol. The Morgan fingerprint density at radius 3 is 2.39 bits per heavy atom. The molecule has 148 valence electrons. The summed E-state index contributed by atoms with van der Waals surface area (Å²) in [4.78, 5) is 13.1. The molecule has 3 aliphatic carbocycles. The molecule has 0 N–H and O–H groups in total. The number of carbonyl (C=O) groups is 1. The third kappa shape index (κ3) is 3.01. The van der Waals surface area contributed by atoms with E-state index in [1.54, 1.807) is 24.3 Å². The van der Waals surface area contributed by atoms with Gasteiger partial charge in [-0.1, -0.05) is 32.1 Å². The van der Waals surface area contributed by atoms with Gasteiger partial charge in [-0.05, 0) is 54.4 Å². The topological polar surface area (TPSA) is 85.3 Å². The Bertz CT molecular complexity index is 1180. The molecular weight excluding hydrogens is 396 g/mol. The minimum absolute atomic E-state index is 0.0672. The molecule has 1 saturated carbocycles.